The molecule has 2 N–H and O–H groups in total. The number of ether oxygens (including phenoxy) is 3. The highest BCUT2D eigenvalue weighted by molar-refractivity contribution is 5.70. The molecule has 0 unspecified atom stereocenters. The van der Waals surface area contributed by atoms with Gasteiger partial charge < -0.3 is 39.1 Å². The molecule has 0 radical (unpaired) electrons. The largest absolute Gasteiger partial charge is 0.457 e. The molecule has 4 rings (SSSR count). The van der Waals surface area contributed by atoms with Gasteiger partial charge in [-0.05, 0) is 71.7 Å². The predicted octanol–water partition coefficient (Wildman–Crippen LogP) is 5.14. The maximum Gasteiger partial charge on any atom is 0.410 e. The molecule has 7 atom stereocenters. The lowest BCUT2D eigenvalue weighted by Crippen LogP contribution is -2.53. The molecule has 3 heterocycles. The fourth-order valence-corrected chi connectivity index (χ4v) is 7.70. The molecule has 3 fully saturated rings. The zero-order valence-corrected chi connectivity index (χ0v) is 32.6. The zero-order valence-electron chi connectivity index (χ0n) is 32.6. The van der Waals surface area contributed by atoms with Crippen LogP contribution < -0.4 is 0 Å². The Morgan fingerprint density at radius 2 is 1.71 bits per heavy atom. The van der Waals surface area contributed by atoms with Gasteiger partial charge in [-0.15, -0.1) is 0 Å². The third-order valence-electron chi connectivity index (χ3n) is 11.3. The van der Waals surface area contributed by atoms with Gasteiger partial charge in [0.1, 0.15) is 11.7 Å². The zero-order chi connectivity index (χ0) is 37.8. The van der Waals surface area contributed by atoms with Gasteiger partial charge in [-0.3, -0.25) is 9.69 Å². The van der Waals surface area contributed by atoms with Crippen LogP contribution in [0.15, 0.2) is 36.0 Å². The van der Waals surface area contributed by atoms with Crippen LogP contribution in [-0.4, -0.2) is 144 Å². The molecule has 2 saturated heterocycles. The van der Waals surface area contributed by atoms with Gasteiger partial charge >= 0.3 is 18.2 Å². The summed E-state index contributed by atoms with van der Waals surface area (Å²) in [4.78, 5) is 47.1. The SMILES string of the molecule is C/C(=C\C=C\[C@@H](C)COC(=O)N1CC[C@@H](N(C)C)C1)[C@H]1OC(=O)C[C@H](O)CC[C@@](C)(O)[C@@H](OC(=O)N2CCN(C3CCCCCC3)CC2)/C=C/[C@@H]1C. The van der Waals surface area contributed by atoms with E-state index >= 15 is 0 Å². The molecule has 4 aliphatic rings. The van der Waals surface area contributed by atoms with Gasteiger partial charge in [0.05, 0.1) is 19.1 Å². The molecule has 52 heavy (non-hydrogen) atoms. The fraction of sp³-hybridized carbons (Fsp3) is 0.775. The highest BCUT2D eigenvalue weighted by Gasteiger charge is 2.37. The number of likely N-dealkylation sites (N-methyl/N-ethyl adjacent to an activating group) is 1. The van der Waals surface area contributed by atoms with Crippen molar-refractivity contribution in [3.05, 3.63) is 36.0 Å². The van der Waals surface area contributed by atoms with Gasteiger partial charge in [0.2, 0.25) is 0 Å². The minimum Gasteiger partial charge on any atom is -0.457 e. The molecule has 0 spiro atoms. The lowest BCUT2D eigenvalue weighted by molar-refractivity contribution is -0.151. The maximum absolute atomic E-state index is 13.5. The van der Waals surface area contributed by atoms with Crippen LogP contribution in [0.25, 0.3) is 0 Å². The second kappa shape index (κ2) is 19.9. The van der Waals surface area contributed by atoms with Crippen LogP contribution >= 0.6 is 0 Å². The number of hydrogen-bond acceptors (Lipinski definition) is 10. The first-order chi connectivity index (χ1) is 24.7. The lowest BCUT2D eigenvalue weighted by atomic mass is 9.89. The van der Waals surface area contributed by atoms with E-state index in [0.717, 1.165) is 25.1 Å². The molecule has 0 bridgehead atoms. The molecule has 1 aliphatic carbocycles. The normalized spacial score (nSPS) is 32.1. The quantitative estimate of drug-likeness (QED) is 0.114. The van der Waals surface area contributed by atoms with Crippen molar-refractivity contribution >= 4 is 18.2 Å². The summed E-state index contributed by atoms with van der Waals surface area (Å²) in [5.41, 5.74) is -0.694. The number of carbonyl (C=O) groups excluding carboxylic acids is 3. The summed E-state index contributed by atoms with van der Waals surface area (Å²) < 4.78 is 17.5. The molecular weight excluding hydrogens is 664 g/mol. The van der Waals surface area contributed by atoms with E-state index in [2.05, 4.69) is 9.80 Å². The van der Waals surface area contributed by atoms with Crippen LogP contribution in [0.5, 0.6) is 0 Å². The van der Waals surface area contributed by atoms with Crippen molar-refractivity contribution in [1.29, 1.82) is 0 Å². The number of nitrogens with zero attached hydrogens (tertiary/aromatic N) is 4. The number of esters is 1. The minimum absolute atomic E-state index is 0.0379. The number of cyclic esters (lactones) is 1. The first-order valence-corrected chi connectivity index (χ1v) is 19.6. The van der Waals surface area contributed by atoms with Crippen molar-refractivity contribution in [3.63, 3.8) is 0 Å². The maximum atomic E-state index is 13.5. The molecule has 0 aromatic carbocycles. The third-order valence-corrected chi connectivity index (χ3v) is 11.3. The Morgan fingerprint density at radius 3 is 2.37 bits per heavy atom. The second-order valence-corrected chi connectivity index (χ2v) is 16.1. The van der Waals surface area contributed by atoms with Crippen molar-refractivity contribution in [2.24, 2.45) is 11.8 Å². The minimum atomic E-state index is -1.47. The number of rotatable bonds is 8. The number of likely N-dealkylation sites (tertiary alicyclic amines) is 1. The number of aliphatic hydroxyl groups excluding tert-OH is 1. The number of carbonyl (C=O) groups is 3. The number of aliphatic hydroxyl groups is 2. The van der Waals surface area contributed by atoms with Crippen molar-refractivity contribution in [2.75, 3.05) is 60.0 Å². The van der Waals surface area contributed by atoms with Gasteiger partial charge in [-0.25, -0.2) is 9.59 Å². The lowest BCUT2D eigenvalue weighted by Gasteiger charge is -2.40. The average Bonchev–Trinajstić information content (AvgIpc) is 3.46. The average molecular weight is 731 g/mol. The molecule has 294 valence electrons. The summed E-state index contributed by atoms with van der Waals surface area (Å²) in [7, 11) is 4.04. The first kappa shape index (κ1) is 41.8. The fourth-order valence-electron chi connectivity index (χ4n) is 7.70. The van der Waals surface area contributed by atoms with Crippen LogP contribution in [0.1, 0.15) is 91.9 Å². The summed E-state index contributed by atoms with van der Waals surface area (Å²) in [5.74, 6) is -0.904. The monoisotopic (exact) mass is 730 g/mol. The molecule has 3 aliphatic heterocycles. The van der Waals surface area contributed by atoms with E-state index in [4.69, 9.17) is 14.2 Å². The standard InChI is InChI=1S/C40H66N4O8/c1-29(28-50-38(47)44-21-19-33(27-44)41(5)6)12-11-13-30(2)37-31(3)16-17-35(40(4,49)20-18-34(45)26-36(46)52-37)51-39(48)43-24-22-42(23-25-43)32-14-9-7-8-10-15-32/h11-13,16-17,29,31-35,37,45,49H,7-10,14-15,18-28H2,1-6H3/b12-11+,17-16+,30-13+/t29-,31+,33-,34-,35+,37-,40-/m1/s1. The summed E-state index contributed by atoms with van der Waals surface area (Å²) in [6.07, 6.45) is 14.4. The van der Waals surface area contributed by atoms with Crippen LogP contribution in [-0.2, 0) is 19.0 Å². The van der Waals surface area contributed by atoms with E-state index in [0.29, 0.717) is 38.3 Å². The van der Waals surface area contributed by atoms with Gasteiger partial charge in [-0.2, -0.15) is 0 Å². The van der Waals surface area contributed by atoms with Crippen molar-refractivity contribution < 1.29 is 38.8 Å². The first-order valence-electron chi connectivity index (χ1n) is 19.6. The highest BCUT2D eigenvalue weighted by Crippen LogP contribution is 2.28. The van der Waals surface area contributed by atoms with Gasteiger partial charge in [-0.1, -0.05) is 63.8 Å². The highest BCUT2D eigenvalue weighted by atomic mass is 16.6. The Labute approximate surface area is 311 Å². The van der Waals surface area contributed by atoms with Crippen LogP contribution in [0, 0.1) is 11.8 Å². The number of hydrogen-bond donors (Lipinski definition) is 2. The smallest absolute Gasteiger partial charge is 0.410 e. The topological polar surface area (TPSA) is 132 Å². The van der Waals surface area contributed by atoms with E-state index in [1.54, 1.807) is 22.8 Å². The molecular formula is C40H66N4O8. The number of amides is 2. The summed E-state index contributed by atoms with van der Waals surface area (Å²) >= 11 is 0. The summed E-state index contributed by atoms with van der Waals surface area (Å²) in [5, 5.41) is 22.2. The second-order valence-electron chi connectivity index (χ2n) is 16.1. The molecule has 2 amide bonds. The molecule has 0 aromatic rings. The molecule has 12 nitrogen and oxygen atoms in total. The van der Waals surface area contributed by atoms with Crippen LogP contribution in [0.3, 0.4) is 0 Å². The Kier molecular flexibility index (Phi) is 16.0. The Bertz CT molecular complexity index is 1250. The molecule has 0 aromatic heterocycles. The van der Waals surface area contributed by atoms with E-state index in [1.165, 1.54) is 38.5 Å². The third kappa shape index (κ3) is 12.6. The number of piperazine rings is 1. The van der Waals surface area contributed by atoms with Crippen LogP contribution in [0.2, 0.25) is 0 Å². The molecule has 12 heteroatoms. The van der Waals surface area contributed by atoms with Gasteiger partial charge in [0.15, 0.2) is 6.10 Å². The van der Waals surface area contributed by atoms with E-state index in [1.807, 2.05) is 59.2 Å². The predicted molar refractivity (Wildman–Crippen MR) is 201 cm³/mol. The van der Waals surface area contributed by atoms with Crippen molar-refractivity contribution in [2.45, 2.75) is 128 Å². The van der Waals surface area contributed by atoms with Crippen molar-refractivity contribution in [3.8, 4) is 0 Å². The number of allylic oxidation sites excluding steroid dienone is 2. The van der Waals surface area contributed by atoms with Crippen LogP contribution in [0.4, 0.5) is 9.59 Å². The van der Waals surface area contributed by atoms with Gasteiger partial charge in [0.25, 0.3) is 0 Å². The van der Waals surface area contributed by atoms with Gasteiger partial charge in [0, 0.05) is 63.2 Å². The van der Waals surface area contributed by atoms with E-state index < -0.39 is 36.0 Å². The Hall–Kier alpha value is -2.93. The summed E-state index contributed by atoms with van der Waals surface area (Å²) in [6.45, 7) is 11.7. The summed E-state index contributed by atoms with van der Waals surface area (Å²) in [6, 6.07) is 0.933. The van der Waals surface area contributed by atoms with E-state index in [9.17, 15) is 24.6 Å². The Morgan fingerprint density at radius 1 is 1.02 bits per heavy atom. The Balaban J connectivity index is 1.38. The molecule has 1 saturated carbocycles. The van der Waals surface area contributed by atoms with E-state index in [-0.39, 0.29) is 43.8 Å². The van der Waals surface area contributed by atoms with Crippen molar-refractivity contribution in [1.82, 2.24) is 19.6 Å².